The number of halogens is 1. The van der Waals surface area contributed by atoms with Gasteiger partial charge in [0, 0.05) is 11.6 Å². The summed E-state index contributed by atoms with van der Waals surface area (Å²) in [5.74, 6) is -0.578. The predicted molar refractivity (Wildman–Crippen MR) is 91.5 cm³/mol. The lowest BCUT2D eigenvalue weighted by atomic mass is 10.2. The number of carbonyl (C=O) groups is 1. The highest BCUT2D eigenvalue weighted by Crippen LogP contribution is 2.22. The third-order valence-electron chi connectivity index (χ3n) is 3.06. The summed E-state index contributed by atoms with van der Waals surface area (Å²) in [5.41, 5.74) is 2.65. The van der Waals surface area contributed by atoms with E-state index < -0.39 is 11.7 Å². The van der Waals surface area contributed by atoms with Gasteiger partial charge in [0.25, 0.3) is 5.91 Å². The minimum atomic E-state index is -0.554. The summed E-state index contributed by atoms with van der Waals surface area (Å²) >= 11 is 0. The number of rotatable bonds is 8. The van der Waals surface area contributed by atoms with Gasteiger partial charge < -0.3 is 14.6 Å². The van der Waals surface area contributed by atoms with E-state index in [4.69, 9.17) is 9.47 Å². The number of hydrogen-bond donors (Lipinski definition) is 2. The summed E-state index contributed by atoms with van der Waals surface area (Å²) in [6.07, 6.45) is 2.16. The molecule has 2 aromatic rings. The molecule has 0 fully saturated rings. The number of phenolic OH excluding ortho intramolecular Hbond substituents is 1. The van der Waals surface area contributed by atoms with Gasteiger partial charge in [-0.1, -0.05) is 19.1 Å². The van der Waals surface area contributed by atoms with Crippen molar-refractivity contribution in [2.75, 3.05) is 13.2 Å². The van der Waals surface area contributed by atoms with Gasteiger partial charge in [-0.2, -0.15) is 5.10 Å². The first-order chi connectivity index (χ1) is 12.1. The largest absolute Gasteiger partial charge is 0.507 e. The number of nitrogens with zero attached hydrogens (tertiary/aromatic N) is 1. The molecule has 0 bridgehead atoms. The number of para-hydroxylation sites is 1. The highest BCUT2D eigenvalue weighted by Gasteiger charge is 2.06. The van der Waals surface area contributed by atoms with E-state index in [-0.39, 0.29) is 18.1 Å². The molecule has 0 aliphatic rings. The Hall–Kier alpha value is -3.09. The molecule has 0 aliphatic heterocycles. The van der Waals surface area contributed by atoms with E-state index in [0.29, 0.717) is 17.9 Å². The molecule has 0 aliphatic carbocycles. The molecule has 0 radical (unpaired) electrons. The normalized spacial score (nSPS) is 10.6. The Morgan fingerprint density at radius 2 is 2.08 bits per heavy atom. The Morgan fingerprint density at radius 1 is 1.28 bits per heavy atom. The number of benzene rings is 2. The standard InChI is InChI=1S/C18H19FN2O4/c1-2-9-24-14-8-7-13(16(22)10-14)11-20-21-18(23)12-25-17-6-4-3-5-15(17)19/h3-8,10-11,22H,2,9,12H2,1H3,(H,21,23)/b20-11+. The summed E-state index contributed by atoms with van der Waals surface area (Å²) in [6.45, 7) is 2.17. The lowest BCUT2D eigenvalue weighted by molar-refractivity contribution is -0.123. The number of amides is 1. The van der Waals surface area contributed by atoms with Crippen LogP contribution in [-0.4, -0.2) is 30.4 Å². The zero-order valence-corrected chi connectivity index (χ0v) is 13.7. The highest BCUT2D eigenvalue weighted by molar-refractivity contribution is 5.85. The summed E-state index contributed by atoms with van der Waals surface area (Å²) in [4.78, 5) is 11.6. The molecule has 2 aromatic carbocycles. The zero-order chi connectivity index (χ0) is 18.1. The topological polar surface area (TPSA) is 80.2 Å². The number of phenols is 1. The average molecular weight is 346 g/mol. The number of aromatic hydroxyl groups is 1. The quantitative estimate of drug-likeness (QED) is 0.569. The SMILES string of the molecule is CCCOc1ccc(/C=N/NC(=O)COc2ccccc2F)c(O)c1. The third-order valence-corrected chi connectivity index (χ3v) is 3.06. The number of nitrogens with one attached hydrogen (secondary N) is 1. The first kappa shape index (κ1) is 18.3. The van der Waals surface area contributed by atoms with Crippen molar-refractivity contribution in [1.82, 2.24) is 5.43 Å². The molecule has 132 valence electrons. The molecular weight excluding hydrogens is 327 g/mol. The van der Waals surface area contributed by atoms with Crippen molar-refractivity contribution in [3.05, 3.63) is 53.8 Å². The Morgan fingerprint density at radius 3 is 2.80 bits per heavy atom. The molecule has 0 unspecified atom stereocenters. The van der Waals surface area contributed by atoms with Crippen LogP contribution in [0.1, 0.15) is 18.9 Å². The van der Waals surface area contributed by atoms with Crippen molar-refractivity contribution in [2.24, 2.45) is 5.10 Å². The van der Waals surface area contributed by atoms with Gasteiger partial charge in [-0.25, -0.2) is 9.82 Å². The molecular formula is C18H19FN2O4. The van der Waals surface area contributed by atoms with E-state index in [9.17, 15) is 14.3 Å². The molecule has 2 rings (SSSR count). The number of hydrazone groups is 1. The van der Waals surface area contributed by atoms with E-state index in [2.05, 4.69) is 10.5 Å². The number of ether oxygens (including phenoxy) is 2. The van der Waals surface area contributed by atoms with Gasteiger partial charge in [0.2, 0.25) is 0 Å². The first-order valence-electron chi connectivity index (χ1n) is 7.75. The van der Waals surface area contributed by atoms with Gasteiger partial charge in [-0.3, -0.25) is 4.79 Å². The molecule has 7 heteroatoms. The van der Waals surface area contributed by atoms with Gasteiger partial charge in [-0.05, 0) is 30.7 Å². The van der Waals surface area contributed by atoms with Crippen LogP contribution < -0.4 is 14.9 Å². The summed E-state index contributed by atoms with van der Waals surface area (Å²) < 4.78 is 23.8. The lowest BCUT2D eigenvalue weighted by Gasteiger charge is -2.06. The maximum Gasteiger partial charge on any atom is 0.277 e. The van der Waals surface area contributed by atoms with E-state index in [1.165, 1.54) is 30.5 Å². The predicted octanol–water partition coefficient (Wildman–Crippen LogP) is 2.85. The van der Waals surface area contributed by atoms with E-state index in [1.807, 2.05) is 6.92 Å². The van der Waals surface area contributed by atoms with Gasteiger partial charge in [-0.15, -0.1) is 0 Å². The minimum absolute atomic E-state index is 0.0121. The minimum Gasteiger partial charge on any atom is -0.507 e. The first-order valence-corrected chi connectivity index (χ1v) is 7.75. The van der Waals surface area contributed by atoms with Crippen LogP contribution in [0.3, 0.4) is 0 Å². The van der Waals surface area contributed by atoms with Gasteiger partial charge >= 0.3 is 0 Å². The second-order valence-corrected chi connectivity index (χ2v) is 5.08. The van der Waals surface area contributed by atoms with Crippen LogP contribution in [0.5, 0.6) is 17.2 Å². The fourth-order valence-electron chi connectivity index (χ4n) is 1.85. The van der Waals surface area contributed by atoms with Crippen molar-refractivity contribution in [3.8, 4) is 17.2 Å². The maximum absolute atomic E-state index is 13.3. The Bertz CT molecular complexity index is 750. The lowest BCUT2D eigenvalue weighted by Crippen LogP contribution is -2.24. The molecule has 0 spiro atoms. The summed E-state index contributed by atoms with van der Waals surface area (Å²) in [6, 6.07) is 10.6. The number of hydrogen-bond acceptors (Lipinski definition) is 5. The monoisotopic (exact) mass is 346 g/mol. The molecule has 6 nitrogen and oxygen atoms in total. The fourth-order valence-corrected chi connectivity index (χ4v) is 1.85. The van der Waals surface area contributed by atoms with Crippen molar-refractivity contribution in [3.63, 3.8) is 0 Å². The van der Waals surface area contributed by atoms with Crippen LogP contribution in [0.15, 0.2) is 47.6 Å². The van der Waals surface area contributed by atoms with Crippen LogP contribution >= 0.6 is 0 Å². The van der Waals surface area contributed by atoms with Crippen molar-refractivity contribution < 1.29 is 23.8 Å². The molecule has 25 heavy (non-hydrogen) atoms. The summed E-state index contributed by atoms with van der Waals surface area (Å²) in [5, 5.41) is 13.6. The van der Waals surface area contributed by atoms with Gasteiger partial charge in [0.1, 0.15) is 11.5 Å². The molecule has 2 N–H and O–H groups in total. The van der Waals surface area contributed by atoms with Crippen molar-refractivity contribution in [2.45, 2.75) is 13.3 Å². The molecule has 1 amide bonds. The smallest absolute Gasteiger partial charge is 0.277 e. The molecule has 0 atom stereocenters. The third kappa shape index (κ3) is 5.80. The van der Waals surface area contributed by atoms with Crippen LogP contribution in [0, 0.1) is 5.82 Å². The van der Waals surface area contributed by atoms with E-state index in [1.54, 1.807) is 18.2 Å². The molecule has 0 saturated heterocycles. The van der Waals surface area contributed by atoms with E-state index in [0.717, 1.165) is 6.42 Å². The second-order valence-electron chi connectivity index (χ2n) is 5.08. The Kier molecular flexibility index (Phi) is 6.76. The number of carbonyl (C=O) groups excluding carboxylic acids is 1. The van der Waals surface area contributed by atoms with Crippen molar-refractivity contribution >= 4 is 12.1 Å². The molecule has 0 aromatic heterocycles. The highest BCUT2D eigenvalue weighted by atomic mass is 19.1. The Labute approximate surface area is 144 Å². The zero-order valence-electron chi connectivity index (χ0n) is 13.7. The van der Waals surface area contributed by atoms with Crippen LogP contribution in [0.4, 0.5) is 4.39 Å². The van der Waals surface area contributed by atoms with E-state index >= 15 is 0 Å². The molecule has 0 heterocycles. The Balaban J connectivity index is 1.83. The van der Waals surface area contributed by atoms with Crippen LogP contribution in [0.2, 0.25) is 0 Å². The van der Waals surface area contributed by atoms with Gasteiger partial charge in [0.15, 0.2) is 18.2 Å². The summed E-state index contributed by atoms with van der Waals surface area (Å²) in [7, 11) is 0. The van der Waals surface area contributed by atoms with Crippen molar-refractivity contribution in [1.29, 1.82) is 0 Å². The fraction of sp³-hybridized carbons (Fsp3) is 0.222. The molecule has 0 saturated carbocycles. The van der Waals surface area contributed by atoms with Crippen LogP contribution in [0.25, 0.3) is 0 Å². The second kappa shape index (κ2) is 9.27. The van der Waals surface area contributed by atoms with Crippen LogP contribution in [-0.2, 0) is 4.79 Å². The average Bonchev–Trinajstić information content (AvgIpc) is 2.61. The van der Waals surface area contributed by atoms with Gasteiger partial charge in [0.05, 0.1) is 12.8 Å². The maximum atomic E-state index is 13.3.